The summed E-state index contributed by atoms with van der Waals surface area (Å²) in [6.07, 6.45) is 107. The number of allylic oxidation sites excluding steroid dienone is 24. The van der Waals surface area contributed by atoms with Crippen LogP contribution in [-0.4, -0.2) is 87.4 Å². The summed E-state index contributed by atoms with van der Waals surface area (Å²) in [7, 11) is 5.98. The zero-order valence-electron chi connectivity index (χ0n) is 62.0. The van der Waals surface area contributed by atoms with E-state index in [-0.39, 0.29) is 32.2 Å². The van der Waals surface area contributed by atoms with E-state index in [1.165, 1.54) is 167 Å². The Bertz CT molecular complexity index is 2080. The number of carbonyl (C=O) groups excluding carboxylic acids is 2. The normalized spacial score (nSPS) is 13.5. The number of hydrogen-bond acceptors (Lipinski definition) is 7. The van der Waals surface area contributed by atoms with Crippen molar-refractivity contribution in [2.24, 2.45) is 0 Å². The number of rotatable bonds is 71. The van der Waals surface area contributed by atoms with Gasteiger partial charge in [0.2, 0.25) is 0 Å². The molecule has 0 aromatic carbocycles. The first kappa shape index (κ1) is 90.2. The molecule has 9 heteroatoms. The Morgan fingerprint density at radius 2 is 0.568 bits per heavy atom. The smallest absolute Gasteiger partial charge is 0.361 e. The van der Waals surface area contributed by atoms with Gasteiger partial charge < -0.3 is 28.5 Å². The van der Waals surface area contributed by atoms with Gasteiger partial charge in [0.05, 0.1) is 34.4 Å². The van der Waals surface area contributed by atoms with Crippen LogP contribution in [0.4, 0.5) is 0 Å². The highest BCUT2D eigenvalue weighted by Gasteiger charge is 2.25. The molecule has 95 heavy (non-hydrogen) atoms. The molecule has 0 heterocycles. The van der Waals surface area contributed by atoms with Gasteiger partial charge in [-0.25, -0.2) is 4.79 Å². The first-order chi connectivity index (χ1) is 46.6. The third-order valence-corrected chi connectivity index (χ3v) is 16.6. The van der Waals surface area contributed by atoms with Gasteiger partial charge in [-0.2, -0.15) is 0 Å². The Kier molecular flexibility index (Phi) is 71.1. The summed E-state index contributed by atoms with van der Waals surface area (Å²) in [5, 5.41) is 9.77. The lowest BCUT2D eigenvalue weighted by molar-refractivity contribution is -0.870. The van der Waals surface area contributed by atoms with Gasteiger partial charge in [-0.15, -0.1) is 0 Å². The molecular formula is C86H146NO8+. The lowest BCUT2D eigenvalue weighted by Crippen LogP contribution is -2.40. The minimum Gasteiger partial charge on any atom is -0.477 e. The largest absolute Gasteiger partial charge is 0.477 e. The fourth-order valence-corrected chi connectivity index (χ4v) is 10.7. The molecule has 0 saturated heterocycles. The molecule has 0 aromatic rings. The van der Waals surface area contributed by atoms with Crippen LogP contribution in [0.15, 0.2) is 146 Å². The molecule has 0 amide bonds. The van der Waals surface area contributed by atoms with Crippen LogP contribution in [0.25, 0.3) is 0 Å². The van der Waals surface area contributed by atoms with Crippen LogP contribution >= 0.6 is 0 Å². The summed E-state index contributed by atoms with van der Waals surface area (Å²) in [5.41, 5.74) is 0. The molecule has 1 N–H and O–H groups in total. The Labute approximate surface area is 585 Å². The Morgan fingerprint density at radius 1 is 0.316 bits per heavy atom. The van der Waals surface area contributed by atoms with E-state index < -0.39 is 24.3 Å². The second-order valence-electron chi connectivity index (χ2n) is 26.9. The van der Waals surface area contributed by atoms with Crippen LogP contribution in [0.3, 0.4) is 0 Å². The Balaban J connectivity index is 4.07. The number of quaternary nitrogens is 1. The van der Waals surface area contributed by atoms with Gasteiger partial charge in [-0.3, -0.25) is 9.59 Å². The van der Waals surface area contributed by atoms with Crippen molar-refractivity contribution in [1.82, 2.24) is 0 Å². The fourth-order valence-electron chi connectivity index (χ4n) is 10.7. The van der Waals surface area contributed by atoms with Gasteiger partial charge in [-0.1, -0.05) is 339 Å². The number of carboxylic acid groups (broad SMARTS) is 1. The molecule has 0 fully saturated rings. The third-order valence-electron chi connectivity index (χ3n) is 16.6. The molecule has 2 atom stereocenters. The first-order valence-electron chi connectivity index (χ1n) is 39.0. The molecule has 0 spiro atoms. The lowest BCUT2D eigenvalue weighted by atomic mass is 10.0. The third kappa shape index (κ3) is 76.4. The summed E-state index contributed by atoms with van der Waals surface area (Å²) in [6, 6.07) is 0. The maximum atomic E-state index is 13.0. The summed E-state index contributed by atoms with van der Waals surface area (Å²) in [5.74, 6) is -2.01. The molecule has 2 unspecified atom stereocenters. The van der Waals surface area contributed by atoms with Crippen LogP contribution < -0.4 is 0 Å². The van der Waals surface area contributed by atoms with Gasteiger partial charge in [-0.05, 0) is 116 Å². The number of esters is 2. The molecule has 0 bridgehead atoms. The van der Waals surface area contributed by atoms with Gasteiger partial charge in [0.1, 0.15) is 13.2 Å². The molecule has 0 aromatic heterocycles. The van der Waals surface area contributed by atoms with Crippen molar-refractivity contribution in [1.29, 1.82) is 0 Å². The minimum atomic E-state index is -1.52. The maximum Gasteiger partial charge on any atom is 0.361 e. The average molecular weight is 1320 g/mol. The number of aliphatic carboxylic acids is 1. The molecule has 0 radical (unpaired) electrons. The molecule has 542 valence electrons. The molecule has 0 aliphatic heterocycles. The number of hydrogen-bond donors (Lipinski definition) is 1. The SMILES string of the molecule is CC/C=C\C/C=C\C/C=C\C/C=C\C/C=C\C/C=C\C/C=C\C/C=C\CCCCCCCCCCC(=O)OC(COC(=O)CCCCCCCCCCCCCCCCCCCCCCCCCC/C=C\C/C=C\C/C=C\C/C=C\CC)COC(OCC[N+](C)(C)C)C(=O)O. The van der Waals surface area contributed by atoms with Crippen molar-refractivity contribution >= 4 is 17.9 Å². The van der Waals surface area contributed by atoms with Crippen LogP contribution in [0.1, 0.15) is 322 Å². The van der Waals surface area contributed by atoms with Gasteiger partial charge in [0.25, 0.3) is 6.29 Å². The topological polar surface area (TPSA) is 108 Å². The molecule has 0 rings (SSSR count). The Hall–Kier alpha value is -4.83. The lowest BCUT2D eigenvalue weighted by Gasteiger charge is -2.25. The van der Waals surface area contributed by atoms with Crippen LogP contribution in [-0.2, 0) is 33.3 Å². The predicted octanol–water partition coefficient (Wildman–Crippen LogP) is 25.0. The number of ether oxygens (including phenoxy) is 4. The summed E-state index contributed by atoms with van der Waals surface area (Å²) in [4.78, 5) is 37.7. The van der Waals surface area contributed by atoms with E-state index in [1.54, 1.807) is 0 Å². The highest BCUT2D eigenvalue weighted by Crippen LogP contribution is 2.18. The molecule has 0 saturated carbocycles. The summed E-state index contributed by atoms with van der Waals surface area (Å²) in [6.45, 7) is 4.66. The standard InChI is InChI=1S/C86H145NO8/c1-6-8-10-12-14-16-18-20-22-24-26-28-30-32-34-36-38-40-41-42-43-45-46-48-50-52-54-56-58-60-62-64-66-68-70-72-74-76-83(88)93-80-82(81-94-86(85(90)91)92-79-78-87(3,4)5)95-84(89)77-75-73-71-69-67-65-63-61-59-57-55-53-51-49-47-44-39-37-35-33-31-29-27-25-23-21-19-17-15-13-11-9-7-2/h8-11,14-17,20-23,26-29,33,35,39,44,49,51,55,57,82,86H,6-7,12-13,18-19,24-25,30-32,34,36-38,40-43,45-48,50,52-54,56,58-81H2,1-5H3/p+1/b10-8-,11-9-,16-14-,17-15-,22-20-,23-21-,28-26-,29-27-,35-33-,44-39-,51-49-,57-55-. The monoisotopic (exact) mass is 1320 g/mol. The summed E-state index contributed by atoms with van der Waals surface area (Å²) < 4.78 is 23.0. The van der Waals surface area contributed by atoms with E-state index in [4.69, 9.17) is 18.9 Å². The summed E-state index contributed by atoms with van der Waals surface area (Å²) >= 11 is 0. The van der Waals surface area contributed by atoms with Crippen LogP contribution in [0.2, 0.25) is 0 Å². The highest BCUT2D eigenvalue weighted by atomic mass is 16.7. The second-order valence-corrected chi connectivity index (χ2v) is 26.9. The second kappa shape index (κ2) is 75.0. The zero-order chi connectivity index (χ0) is 69.0. The van der Waals surface area contributed by atoms with Crippen molar-refractivity contribution in [2.45, 2.75) is 334 Å². The van der Waals surface area contributed by atoms with E-state index in [2.05, 4.69) is 160 Å². The Morgan fingerprint density at radius 3 is 0.842 bits per heavy atom. The van der Waals surface area contributed by atoms with Gasteiger partial charge in [0, 0.05) is 12.8 Å². The van der Waals surface area contributed by atoms with E-state index in [0.29, 0.717) is 23.9 Å². The molecule has 9 nitrogen and oxygen atoms in total. The number of likely N-dealkylation sites (N-methyl/N-ethyl adjacent to an activating group) is 1. The van der Waals surface area contributed by atoms with E-state index in [1.807, 2.05) is 21.1 Å². The van der Waals surface area contributed by atoms with Crippen molar-refractivity contribution in [3.8, 4) is 0 Å². The highest BCUT2D eigenvalue weighted by molar-refractivity contribution is 5.71. The first-order valence-corrected chi connectivity index (χ1v) is 39.0. The molecule has 0 aliphatic rings. The average Bonchev–Trinajstić information content (AvgIpc) is 3.75. The number of carbonyl (C=O) groups is 3. The van der Waals surface area contributed by atoms with Crippen LogP contribution in [0.5, 0.6) is 0 Å². The van der Waals surface area contributed by atoms with Crippen LogP contribution in [0, 0.1) is 0 Å². The van der Waals surface area contributed by atoms with E-state index >= 15 is 0 Å². The quantitative estimate of drug-likeness (QED) is 0.0211. The van der Waals surface area contributed by atoms with Gasteiger partial charge >= 0.3 is 17.9 Å². The number of unbranched alkanes of at least 4 members (excludes halogenated alkanes) is 32. The maximum absolute atomic E-state index is 13.0. The molecular weight excluding hydrogens is 1170 g/mol. The predicted molar refractivity (Wildman–Crippen MR) is 410 cm³/mol. The van der Waals surface area contributed by atoms with E-state index in [9.17, 15) is 19.5 Å². The van der Waals surface area contributed by atoms with Gasteiger partial charge in [0.15, 0.2) is 6.10 Å². The fraction of sp³-hybridized carbons (Fsp3) is 0.686. The molecule has 0 aliphatic carbocycles. The number of carboxylic acids is 1. The van der Waals surface area contributed by atoms with Crippen molar-refractivity contribution < 1.29 is 42.9 Å². The van der Waals surface area contributed by atoms with Crippen molar-refractivity contribution in [3.05, 3.63) is 146 Å². The van der Waals surface area contributed by atoms with Crippen molar-refractivity contribution in [2.75, 3.05) is 47.5 Å². The minimum absolute atomic E-state index is 0.181. The zero-order valence-corrected chi connectivity index (χ0v) is 62.0. The van der Waals surface area contributed by atoms with Crippen molar-refractivity contribution in [3.63, 3.8) is 0 Å². The number of nitrogens with zero attached hydrogens (tertiary/aromatic N) is 1. The van der Waals surface area contributed by atoms with E-state index in [0.717, 1.165) is 122 Å².